The summed E-state index contributed by atoms with van der Waals surface area (Å²) in [6, 6.07) is 9.76. The van der Waals surface area contributed by atoms with E-state index >= 15 is 0 Å². The first-order valence-electron chi connectivity index (χ1n) is 12.0. The summed E-state index contributed by atoms with van der Waals surface area (Å²) in [5.74, 6) is 1.03. The van der Waals surface area contributed by atoms with E-state index in [0.717, 1.165) is 28.8 Å². The SMILES string of the molecule is COCCOC(=O)C1=C(C)N=C2SC=C(CC(=O)N[C@@H]3C[C@H]4CC[C@H]3C4)N2[C@H]1c1ccccc1. The van der Waals surface area contributed by atoms with Gasteiger partial charge in [0.25, 0.3) is 0 Å². The number of aliphatic imine (C=N–C) groups is 1. The molecule has 4 atom stereocenters. The van der Waals surface area contributed by atoms with E-state index in [2.05, 4.69) is 5.32 Å². The minimum absolute atomic E-state index is 0.0351. The normalized spacial score (nSPS) is 27.4. The van der Waals surface area contributed by atoms with Crippen molar-refractivity contribution < 1.29 is 19.1 Å². The summed E-state index contributed by atoms with van der Waals surface area (Å²) in [7, 11) is 1.57. The number of amidine groups is 1. The molecule has 0 radical (unpaired) electrons. The van der Waals surface area contributed by atoms with Crippen molar-refractivity contribution in [1.82, 2.24) is 10.2 Å². The van der Waals surface area contributed by atoms with Crippen molar-refractivity contribution in [3.63, 3.8) is 0 Å². The van der Waals surface area contributed by atoms with Gasteiger partial charge in [0.05, 0.1) is 30.3 Å². The molecule has 0 spiro atoms. The summed E-state index contributed by atoms with van der Waals surface area (Å²) in [6.45, 7) is 2.34. The highest BCUT2D eigenvalue weighted by molar-refractivity contribution is 8.16. The zero-order valence-corrected chi connectivity index (χ0v) is 20.5. The molecule has 2 aliphatic carbocycles. The fourth-order valence-corrected chi connectivity index (χ4v) is 6.68. The zero-order chi connectivity index (χ0) is 23.7. The number of rotatable bonds is 8. The standard InChI is InChI=1S/C26H31N3O4S/c1-16-23(25(31)33-11-10-32-2)24(18-6-4-3-5-7-18)29-20(15-34-26(29)27-16)14-22(30)28-21-13-17-8-9-19(21)12-17/h3-7,15,17,19,21,24H,8-14H2,1-2H3,(H,28,30)/t17-,19-,21+,24-/m0/s1. The number of nitrogens with zero attached hydrogens (tertiary/aromatic N) is 2. The number of hydrogen-bond donors (Lipinski definition) is 1. The predicted molar refractivity (Wildman–Crippen MR) is 132 cm³/mol. The summed E-state index contributed by atoms with van der Waals surface area (Å²) in [5, 5.41) is 6.06. The summed E-state index contributed by atoms with van der Waals surface area (Å²) in [5.41, 5.74) is 2.94. The number of amides is 1. The zero-order valence-electron chi connectivity index (χ0n) is 19.7. The Balaban J connectivity index is 1.38. The second kappa shape index (κ2) is 9.96. The lowest BCUT2D eigenvalue weighted by Gasteiger charge is -2.36. The minimum atomic E-state index is -0.408. The maximum atomic E-state index is 13.2. The van der Waals surface area contributed by atoms with Crippen LogP contribution in [-0.4, -0.2) is 48.3 Å². The number of hydrogen-bond acceptors (Lipinski definition) is 7. The molecular formula is C26H31N3O4S. The highest BCUT2D eigenvalue weighted by Gasteiger charge is 2.43. The van der Waals surface area contributed by atoms with Gasteiger partial charge in [0.1, 0.15) is 6.61 Å². The van der Waals surface area contributed by atoms with Crippen molar-refractivity contribution in [1.29, 1.82) is 0 Å². The molecule has 2 fully saturated rings. The Morgan fingerprint density at radius 2 is 2.00 bits per heavy atom. The van der Waals surface area contributed by atoms with Crippen molar-refractivity contribution >= 4 is 28.8 Å². The molecule has 1 N–H and O–H groups in total. The molecule has 34 heavy (non-hydrogen) atoms. The van der Waals surface area contributed by atoms with Gasteiger partial charge >= 0.3 is 5.97 Å². The number of benzene rings is 1. The van der Waals surface area contributed by atoms with E-state index in [1.165, 1.54) is 31.0 Å². The molecule has 5 rings (SSSR count). The Bertz CT molecular complexity index is 1050. The average molecular weight is 482 g/mol. The molecule has 0 aromatic heterocycles. The van der Waals surface area contributed by atoms with Crippen molar-refractivity contribution in [2.75, 3.05) is 20.3 Å². The predicted octanol–water partition coefficient (Wildman–Crippen LogP) is 4.15. The first kappa shape index (κ1) is 23.2. The van der Waals surface area contributed by atoms with E-state index < -0.39 is 12.0 Å². The quantitative estimate of drug-likeness (QED) is 0.444. The molecule has 2 saturated carbocycles. The Labute approximate surface area is 204 Å². The van der Waals surface area contributed by atoms with Crippen LogP contribution in [0, 0.1) is 11.8 Å². The van der Waals surface area contributed by atoms with Gasteiger partial charge in [-0.3, -0.25) is 4.79 Å². The maximum Gasteiger partial charge on any atom is 0.338 e. The molecule has 1 aromatic rings. The maximum absolute atomic E-state index is 13.2. The van der Waals surface area contributed by atoms with Crippen LogP contribution in [0.25, 0.3) is 0 Å². The van der Waals surface area contributed by atoms with Gasteiger partial charge < -0.3 is 19.7 Å². The first-order valence-corrected chi connectivity index (χ1v) is 12.9. The first-order chi connectivity index (χ1) is 16.5. The number of nitrogens with one attached hydrogen (secondary N) is 1. The Morgan fingerprint density at radius 3 is 2.71 bits per heavy atom. The molecule has 7 nitrogen and oxygen atoms in total. The number of esters is 1. The largest absolute Gasteiger partial charge is 0.460 e. The van der Waals surface area contributed by atoms with Crippen molar-refractivity contribution in [3.8, 4) is 0 Å². The lowest BCUT2D eigenvalue weighted by atomic mass is 9.93. The van der Waals surface area contributed by atoms with Gasteiger partial charge in [-0.2, -0.15) is 0 Å². The van der Waals surface area contributed by atoms with Crippen molar-refractivity contribution in [2.45, 2.75) is 51.1 Å². The molecule has 1 amide bonds. The van der Waals surface area contributed by atoms with Crippen LogP contribution in [0.4, 0.5) is 0 Å². The summed E-state index contributed by atoms with van der Waals surface area (Å²) in [6.07, 6.45) is 5.15. The number of thioether (sulfide) groups is 1. The monoisotopic (exact) mass is 481 g/mol. The number of methoxy groups -OCH3 is 1. The van der Waals surface area contributed by atoms with Gasteiger partial charge in [-0.1, -0.05) is 48.5 Å². The van der Waals surface area contributed by atoms with Crippen LogP contribution in [0.2, 0.25) is 0 Å². The number of ether oxygens (including phenoxy) is 2. The van der Waals surface area contributed by atoms with Gasteiger partial charge in [0.2, 0.25) is 5.91 Å². The second-order valence-electron chi connectivity index (χ2n) is 9.46. The fraction of sp³-hybridized carbons (Fsp3) is 0.500. The molecular weight excluding hydrogens is 450 g/mol. The van der Waals surface area contributed by atoms with E-state index in [0.29, 0.717) is 29.8 Å². The fourth-order valence-electron chi connectivity index (χ4n) is 5.72. The van der Waals surface area contributed by atoms with E-state index in [1.807, 2.05) is 47.6 Å². The molecule has 4 aliphatic rings. The molecule has 2 bridgehead atoms. The second-order valence-corrected chi connectivity index (χ2v) is 10.3. The number of fused-ring (bicyclic) bond motifs is 3. The molecule has 0 saturated heterocycles. The lowest BCUT2D eigenvalue weighted by Crippen LogP contribution is -2.41. The Hall–Kier alpha value is -2.58. The van der Waals surface area contributed by atoms with Crippen molar-refractivity contribution in [3.05, 3.63) is 58.3 Å². The van der Waals surface area contributed by atoms with E-state index in [1.54, 1.807) is 7.11 Å². The van der Waals surface area contributed by atoms with Crippen LogP contribution in [0.3, 0.4) is 0 Å². The van der Waals surface area contributed by atoms with Crippen LogP contribution < -0.4 is 5.32 Å². The third kappa shape index (κ3) is 4.53. The topological polar surface area (TPSA) is 80.2 Å². The summed E-state index contributed by atoms with van der Waals surface area (Å²) < 4.78 is 10.5. The van der Waals surface area contributed by atoms with Gasteiger partial charge in [0.15, 0.2) is 5.17 Å². The third-order valence-corrected chi connectivity index (χ3v) is 8.17. The van der Waals surface area contributed by atoms with Crippen molar-refractivity contribution in [2.24, 2.45) is 16.8 Å². The van der Waals surface area contributed by atoms with Gasteiger partial charge in [-0.15, -0.1) is 0 Å². The van der Waals surface area contributed by atoms with Gasteiger partial charge in [0, 0.05) is 18.8 Å². The summed E-state index contributed by atoms with van der Waals surface area (Å²) >= 11 is 1.50. The highest BCUT2D eigenvalue weighted by Crippen LogP contribution is 2.46. The molecule has 180 valence electrons. The van der Waals surface area contributed by atoms with Crippen LogP contribution in [0.5, 0.6) is 0 Å². The molecule has 2 aliphatic heterocycles. The van der Waals surface area contributed by atoms with Crippen LogP contribution in [0.15, 0.2) is 57.7 Å². The van der Waals surface area contributed by atoms with E-state index in [9.17, 15) is 9.59 Å². The molecule has 8 heteroatoms. The average Bonchev–Trinajstić information content (AvgIpc) is 3.55. The van der Waals surface area contributed by atoms with Crippen LogP contribution in [0.1, 0.15) is 50.6 Å². The minimum Gasteiger partial charge on any atom is -0.460 e. The van der Waals surface area contributed by atoms with E-state index in [-0.39, 0.29) is 18.9 Å². The third-order valence-electron chi connectivity index (χ3n) is 7.28. The molecule has 0 unspecified atom stereocenters. The van der Waals surface area contributed by atoms with Gasteiger partial charge in [-0.05, 0) is 49.0 Å². The smallest absolute Gasteiger partial charge is 0.338 e. The van der Waals surface area contributed by atoms with E-state index in [4.69, 9.17) is 14.5 Å². The number of carbonyl (C=O) groups is 2. The molecule has 2 heterocycles. The number of carbonyl (C=O) groups excluding carboxylic acids is 2. The Morgan fingerprint density at radius 1 is 1.18 bits per heavy atom. The van der Waals surface area contributed by atoms with Gasteiger partial charge in [-0.25, -0.2) is 9.79 Å². The molecule has 1 aromatic carbocycles. The van der Waals surface area contributed by atoms with Crippen LogP contribution in [-0.2, 0) is 19.1 Å². The Kier molecular flexibility index (Phi) is 6.79. The number of allylic oxidation sites excluding steroid dienone is 1. The summed E-state index contributed by atoms with van der Waals surface area (Å²) in [4.78, 5) is 32.9. The van der Waals surface area contributed by atoms with Crippen LogP contribution >= 0.6 is 11.8 Å². The lowest BCUT2D eigenvalue weighted by molar-refractivity contribution is -0.141. The highest BCUT2D eigenvalue weighted by atomic mass is 32.2.